The fourth-order valence-corrected chi connectivity index (χ4v) is 8.54. The molecule has 2 aliphatic carbocycles. The van der Waals surface area contributed by atoms with E-state index in [4.69, 9.17) is 18.6 Å². The standard InChI is InChI=1S/C27H36O8/c1-23(2)17(11-20(29)32-6)25(4)16-7-9-24(3)22(15-8-10-33-14-15)34-21(30)13-27(24,26(16,5)31)35-19(25)12-18(23)28/h8,10,14,16-17,19,22,31H,7,9,11-13H2,1-6H3. The molecular formula is C27H36O8. The van der Waals surface area contributed by atoms with E-state index in [1.807, 2.05) is 27.7 Å². The second-order valence-corrected chi connectivity index (χ2v) is 12.2. The molecule has 0 aromatic carbocycles. The molecule has 192 valence electrons. The SMILES string of the molecule is COC(=O)CC1C(C)(C)C(=O)CC2OC34CC(=O)OC(c5ccoc5)C3(C)CCC(C21C)C4(C)O. The maximum absolute atomic E-state index is 13.4. The van der Waals surface area contributed by atoms with Gasteiger partial charge in [-0.15, -0.1) is 0 Å². The summed E-state index contributed by atoms with van der Waals surface area (Å²) >= 11 is 0. The summed E-state index contributed by atoms with van der Waals surface area (Å²) in [7, 11) is 1.35. The van der Waals surface area contributed by atoms with Gasteiger partial charge < -0.3 is 23.7 Å². The van der Waals surface area contributed by atoms with E-state index in [0.29, 0.717) is 12.8 Å². The van der Waals surface area contributed by atoms with Crippen LogP contribution in [-0.2, 0) is 28.6 Å². The van der Waals surface area contributed by atoms with Crippen molar-refractivity contribution in [3.05, 3.63) is 24.2 Å². The number of carbonyl (C=O) groups excluding carboxylic acids is 3. The van der Waals surface area contributed by atoms with Gasteiger partial charge in [0.2, 0.25) is 0 Å². The lowest BCUT2D eigenvalue weighted by Crippen LogP contribution is -2.81. The van der Waals surface area contributed by atoms with Gasteiger partial charge in [0.15, 0.2) is 0 Å². The van der Waals surface area contributed by atoms with Gasteiger partial charge in [0.05, 0.1) is 37.8 Å². The molecule has 4 fully saturated rings. The molecule has 1 spiro atoms. The summed E-state index contributed by atoms with van der Waals surface area (Å²) in [5.41, 5.74) is -4.20. The Kier molecular flexibility index (Phi) is 5.19. The average Bonchev–Trinajstić information content (AvgIpc) is 3.30. The number of furan rings is 1. The minimum absolute atomic E-state index is 0.0105. The number of Topliss-reactive ketones (excluding diaryl/α,β-unsaturated/α-hetero) is 1. The fraction of sp³-hybridized carbons (Fsp3) is 0.741. The molecule has 1 aromatic rings. The number of hydrogen-bond donors (Lipinski definition) is 1. The average molecular weight is 489 g/mol. The lowest BCUT2D eigenvalue weighted by atomic mass is 9.39. The van der Waals surface area contributed by atoms with E-state index in [2.05, 4.69) is 0 Å². The van der Waals surface area contributed by atoms with Gasteiger partial charge in [-0.1, -0.05) is 27.7 Å². The van der Waals surface area contributed by atoms with Crippen molar-refractivity contribution in [1.82, 2.24) is 0 Å². The minimum Gasteiger partial charge on any atom is -0.472 e. The van der Waals surface area contributed by atoms with Crippen molar-refractivity contribution in [2.45, 2.75) is 90.1 Å². The smallest absolute Gasteiger partial charge is 0.309 e. The molecule has 1 aromatic heterocycles. The number of rotatable bonds is 3. The molecule has 0 radical (unpaired) electrons. The molecular weight excluding hydrogens is 452 g/mol. The largest absolute Gasteiger partial charge is 0.472 e. The van der Waals surface area contributed by atoms with Crippen molar-refractivity contribution in [3.63, 3.8) is 0 Å². The van der Waals surface area contributed by atoms with Crippen LogP contribution in [0.1, 0.15) is 78.4 Å². The molecule has 1 N–H and O–H groups in total. The molecule has 8 nitrogen and oxygen atoms in total. The topological polar surface area (TPSA) is 112 Å². The highest BCUT2D eigenvalue weighted by atomic mass is 16.6. The van der Waals surface area contributed by atoms with Crippen LogP contribution in [0.4, 0.5) is 0 Å². The van der Waals surface area contributed by atoms with Crippen LogP contribution in [-0.4, -0.2) is 47.2 Å². The Morgan fingerprint density at radius 2 is 1.91 bits per heavy atom. The highest BCUT2D eigenvalue weighted by Crippen LogP contribution is 2.73. The third-order valence-corrected chi connectivity index (χ3v) is 10.5. The van der Waals surface area contributed by atoms with Crippen LogP contribution >= 0.6 is 0 Å². The first-order valence-corrected chi connectivity index (χ1v) is 12.5. The minimum atomic E-state index is -1.42. The Morgan fingerprint density at radius 1 is 1.20 bits per heavy atom. The molecule has 2 bridgehead atoms. The first-order chi connectivity index (χ1) is 16.3. The normalized spacial score (nSPS) is 46.3. The van der Waals surface area contributed by atoms with Crippen LogP contribution in [0.3, 0.4) is 0 Å². The molecule has 3 heterocycles. The van der Waals surface area contributed by atoms with Crippen molar-refractivity contribution in [2.24, 2.45) is 28.1 Å². The summed E-state index contributed by atoms with van der Waals surface area (Å²) < 4.78 is 23.1. The quantitative estimate of drug-likeness (QED) is 0.640. The summed E-state index contributed by atoms with van der Waals surface area (Å²) in [6, 6.07) is 1.77. The van der Waals surface area contributed by atoms with Crippen molar-refractivity contribution in [2.75, 3.05) is 7.11 Å². The van der Waals surface area contributed by atoms with E-state index in [1.165, 1.54) is 13.4 Å². The lowest BCUT2D eigenvalue weighted by molar-refractivity contribution is -0.394. The highest BCUT2D eigenvalue weighted by molar-refractivity contribution is 5.87. The van der Waals surface area contributed by atoms with Crippen molar-refractivity contribution in [3.8, 4) is 0 Å². The molecule has 4 aliphatic rings. The van der Waals surface area contributed by atoms with Gasteiger partial charge in [0.25, 0.3) is 0 Å². The molecule has 5 rings (SSSR count). The van der Waals surface area contributed by atoms with E-state index in [-0.39, 0.29) is 36.9 Å². The van der Waals surface area contributed by atoms with Crippen LogP contribution in [0, 0.1) is 28.1 Å². The predicted octanol–water partition coefficient (Wildman–Crippen LogP) is 3.76. The Hall–Kier alpha value is -2.19. The number of fused-ring (bicyclic) bond motifs is 3. The molecule has 35 heavy (non-hydrogen) atoms. The van der Waals surface area contributed by atoms with Gasteiger partial charge in [-0.05, 0) is 37.7 Å². The number of methoxy groups -OCH3 is 1. The van der Waals surface area contributed by atoms with Crippen molar-refractivity contribution in [1.29, 1.82) is 0 Å². The van der Waals surface area contributed by atoms with Gasteiger partial charge in [-0.2, -0.15) is 0 Å². The number of aliphatic hydroxyl groups is 1. The monoisotopic (exact) mass is 488 g/mol. The second kappa shape index (κ2) is 7.42. The second-order valence-electron chi connectivity index (χ2n) is 12.2. The van der Waals surface area contributed by atoms with E-state index >= 15 is 0 Å². The van der Waals surface area contributed by atoms with Gasteiger partial charge >= 0.3 is 11.9 Å². The summed E-state index contributed by atoms with van der Waals surface area (Å²) in [6.07, 6.45) is 3.28. The Morgan fingerprint density at radius 3 is 2.54 bits per heavy atom. The molecule has 2 aliphatic heterocycles. The van der Waals surface area contributed by atoms with Crippen molar-refractivity contribution < 1.29 is 38.1 Å². The van der Waals surface area contributed by atoms with Crippen LogP contribution in [0.25, 0.3) is 0 Å². The van der Waals surface area contributed by atoms with Crippen LogP contribution in [0.5, 0.6) is 0 Å². The molecule has 0 amide bonds. The van der Waals surface area contributed by atoms with Crippen molar-refractivity contribution >= 4 is 17.7 Å². The Labute approximate surface area is 205 Å². The highest BCUT2D eigenvalue weighted by Gasteiger charge is 2.79. The maximum Gasteiger partial charge on any atom is 0.309 e. The van der Waals surface area contributed by atoms with Crippen LogP contribution in [0.2, 0.25) is 0 Å². The Bertz CT molecular complexity index is 1060. The summed E-state index contributed by atoms with van der Waals surface area (Å²) in [5, 5.41) is 12.4. The number of ether oxygens (including phenoxy) is 3. The number of cyclic esters (lactones) is 1. The summed E-state index contributed by atoms with van der Waals surface area (Å²) in [5.74, 6) is -1.53. The van der Waals surface area contributed by atoms with Gasteiger partial charge in [-0.25, -0.2) is 0 Å². The molecule has 8 atom stereocenters. The zero-order valence-electron chi connectivity index (χ0n) is 21.4. The third-order valence-electron chi connectivity index (χ3n) is 10.5. The van der Waals surface area contributed by atoms with Gasteiger partial charge in [0.1, 0.15) is 17.5 Å². The molecule has 8 unspecified atom stereocenters. The third kappa shape index (κ3) is 2.90. The Balaban J connectivity index is 1.67. The van der Waals surface area contributed by atoms with Crippen LogP contribution < -0.4 is 0 Å². The lowest BCUT2D eigenvalue weighted by Gasteiger charge is -2.74. The predicted molar refractivity (Wildman–Crippen MR) is 123 cm³/mol. The zero-order valence-corrected chi connectivity index (χ0v) is 21.4. The molecule has 2 saturated carbocycles. The first kappa shape index (κ1) is 24.5. The van der Waals surface area contributed by atoms with Gasteiger partial charge in [0, 0.05) is 34.7 Å². The fourth-order valence-electron chi connectivity index (χ4n) is 8.54. The zero-order chi connectivity index (χ0) is 25.6. The van der Waals surface area contributed by atoms with E-state index < -0.39 is 51.5 Å². The number of esters is 2. The summed E-state index contributed by atoms with van der Waals surface area (Å²) in [4.78, 5) is 39.0. The first-order valence-electron chi connectivity index (χ1n) is 12.5. The van der Waals surface area contributed by atoms with E-state index in [9.17, 15) is 19.5 Å². The maximum atomic E-state index is 13.4. The number of ketones is 1. The van der Waals surface area contributed by atoms with Gasteiger partial charge in [-0.3, -0.25) is 14.4 Å². The number of carbonyl (C=O) groups is 3. The molecule has 2 saturated heterocycles. The molecule has 8 heteroatoms. The summed E-state index contributed by atoms with van der Waals surface area (Å²) in [6.45, 7) is 9.57. The van der Waals surface area contributed by atoms with E-state index in [0.717, 1.165) is 5.56 Å². The number of hydrogen-bond acceptors (Lipinski definition) is 8. The van der Waals surface area contributed by atoms with Crippen LogP contribution in [0.15, 0.2) is 23.0 Å². The van der Waals surface area contributed by atoms with E-state index in [1.54, 1.807) is 19.3 Å².